The second-order valence-electron chi connectivity index (χ2n) is 5.66. The molecule has 1 aliphatic rings. The van der Waals surface area contributed by atoms with Crippen LogP contribution in [-0.2, 0) is 12.8 Å². The van der Waals surface area contributed by atoms with Gasteiger partial charge in [-0.2, -0.15) is 0 Å². The van der Waals surface area contributed by atoms with E-state index in [0.717, 1.165) is 0 Å². The minimum Gasteiger partial charge on any atom is -0.365 e. The molecule has 2 aromatic rings. The smallest absolute Gasteiger partial charge is 0.259 e. The second kappa shape index (κ2) is 4.43. The summed E-state index contributed by atoms with van der Waals surface area (Å²) in [6.07, 6.45) is 0.678. The second-order valence-corrected chi connectivity index (χ2v) is 5.66. The van der Waals surface area contributed by atoms with Gasteiger partial charge in [0.2, 0.25) is 5.43 Å². The van der Waals surface area contributed by atoms with Gasteiger partial charge in [0.25, 0.3) is 5.91 Å². The van der Waals surface area contributed by atoms with Crippen LogP contribution in [0.1, 0.15) is 36.3 Å². The molecule has 2 heterocycles. The molecule has 2 N–H and O–H groups in total. The van der Waals surface area contributed by atoms with Gasteiger partial charge in [0.05, 0.1) is 11.2 Å². The number of para-hydroxylation sites is 1. The molecule has 0 fully saturated rings. The van der Waals surface area contributed by atoms with Crippen molar-refractivity contribution in [3.8, 4) is 0 Å². The molecule has 1 aromatic heterocycles. The highest BCUT2D eigenvalue weighted by atomic mass is 16.3. The first-order valence-corrected chi connectivity index (χ1v) is 7.09. The lowest BCUT2D eigenvalue weighted by molar-refractivity contribution is -0.0414. The first-order chi connectivity index (χ1) is 9.91. The van der Waals surface area contributed by atoms with Crippen molar-refractivity contribution in [2.75, 3.05) is 0 Å². The normalized spacial score (nSPS) is 22.2. The van der Waals surface area contributed by atoms with Crippen LogP contribution in [0.25, 0.3) is 10.9 Å². The van der Waals surface area contributed by atoms with E-state index in [1.165, 1.54) is 0 Å². The highest BCUT2D eigenvalue weighted by Crippen LogP contribution is 2.36. The molecule has 5 nitrogen and oxygen atoms in total. The molecule has 0 aliphatic carbocycles. The summed E-state index contributed by atoms with van der Waals surface area (Å²) in [6, 6.07) is 7.12. The predicted molar refractivity (Wildman–Crippen MR) is 80.0 cm³/mol. The highest BCUT2D eigenvalue weighted by molar-refractivity contribution is 6.02. The number of carbonyl (C=O) groups excluding carboxylic acids is 1. The molecule has 0 spiro atoms. The maximum atomic E-state index is 12.6. The van der Waals surface area contributed by atoms with E-state index in [4.69, 9.17) is 0 Å². The Balaban J connectivity index is 2.46. The molecule has 110 valence electrons. The number of fused-ring (bicyclic) bond motifs is 2. The first kappa shape index (κ1) is 13.8. The number of amides is 1. The third kappa shape index (κ3) is 1.67. The number of nitrogens with zero attached hydrogens (tertiary/aromatic N) is 1. The molecule has 1 aromatic carbocycles. The summed E-state index contributed by atoms with van der Waals surface area (Å²) in [5.74, 6) is -0.700. The standard InChI is InChI=1S/C16H18N2O3/c1-4-9(2)16(21)14-12(15(20)17-16)13(19)10-7-5-6-8-11(10)18(14)3/h5-9,21H,4H2,1-3H3,(H,17,20)/t9-,16+/m0/s1. The number of benzene rings is 1. The van der Waals surface area contributed by atoms with Crippen LogP contribution in [0, 0.1) is 5.92 Å². The Morgan fingerprint density at radius 1 is 1.33 bits per heavy atom. The zero-order chi connectivity index (χ0) is 15.4. The Morgan fingerprint density at radius 3 is 2.67 bits per heavy atom. The summed E-state index contributed by atoms with van der Waals surface area (Å²) in [7, 11) is 1.77. The van der Waals surface area contributed by atoms with Gasteiger partial charge in [-0.05, 0) is 18.6 Å². The summed E-state index contributed by atoms with van der Waals surface area (Å²) in [5.41, 5.74) is -0.696. The fourth-order valence-electron chi connectivity index (χ4n) is 3.09. The average molecular weight is 286 g/mol. The molecule has 1 amide bonds. The molecule has 21 heavy (non-hydrogen) atoms. The van der Waals surface area contributed by atoms with Crippen LogP contribution >= 0.6 is 0 Å². The Hall–Kier alpha value is -2.14. The summed E-state index contributed by atoms with van der Waals surface area (Å²) in [6.45, 7) is 3.79. The summed E-state index contributed by atoms with van der Waals surface area (Å²) < 4.78 is 1.75. The van der Waals surface area contributed by atoms with Crippen LogP contribution in [0.2, 0.25) is 0 Å². The van der Waals surface area contributed by atoms with E-state index in [-0.39, 0.29) is 16.9 Å². The predicted octanol–water partition coefficient (Wildman–Crippen LogP) is 1.47. The van der Waals surface area contributed by atoms with Crippen molar-refractivity contribution in [3.63, 3.8) is 0 Å². The van der Waals surface area contributed by atoms with Gasteiger partial charge in [-0.3, -0.25) is 9.59 Å². The van der Waals surface area contributed by atoms with Crippen LogP contribution in [0.4, 0.5) is 0 Å². The number of nitrogens with one attached hydrogen (secondary N) is 1. The summed E-state index contributed by atoms with van der Waals surface area (Å²) >= 11 is 0. The number of pyridine rings is 1. The molecule has 0 unspecified atom stereocenters. The number of rotatable bonds is 2. The van der Waals surface area contributed by atoms with Crippen LogP contribution in [0.3, 0.4) is 0 Å². The van der Waals surface area contributed by atoms with Gasteiger partial charge in [-0.1, -0.05) is 26.0 Å². The summed E-state index contributed by atoms with van der Waals surface area (Å²) in [4.78, 5) is 24.8. The van der Waals surface area contributed by atoms with Crippen LogP contribution in [-0.4, -0.2) is 15.6 Å². The zero-order valence-electron chi connectivity index (χ0n) is 12.3. The number of hydrogen-bond acceptors (Lipinski definition) is 3. The van der Waals surface area contributed by atoms with Gasteiger partial charge < -0.3 is 15.0 Å². The summed E-state index contributed by atoms with van der Waals surface area (Å²) in [5, 5.41) is 14.0. The SMILES string of the molecule is CC[C@H](C)[C@]1(O)NC(=O)c2c1n(C)c1ccccc1c2=O. The third-order valence-corrected chi connectivity index (χ3v) is 4.53. The molecule has 2 atom stereocenters. The van der Waals surface area contributed by atoms with E-state index in [0.29, 0.717) is 23.0 Å². The van der Waals surface area contributed by atoms with Gasteiger partial charge >= 0.3 is 0 Å². The van der Waals surface area contributed by atoms with Gasteiger partial charge in [-0.15, -0.1) is 0 Å². The Kier molecular flexibility index (Phi) is 2.92. The minimum absolute atomic E-state index is 0.0546. The number of carbonyl (C=O) groups is 1. The maximum absolute atomic E-state index is 12.6. The Morgan fingerprint density at radius 2 is 2.00 bits per heavy atom. The molecule has 3 rings (SSSR count). The molecule has 0 saturated carbocycles. The molecule has 0 saturated heterocycles. The molecular formula is C16H18N2O3. The number of hydrogen-bond donors (Lipinski definition) is 2. The first-order valence-electron chi connectivity index (χ1n) is 7.09. The van der Waals surface area contributed by atoms with E-state index in [2.05, 4.69) is 5.32 Å². The van der Waals surface area contributed by atoms with E-state index >= 15 is 0 Å². The largest absolute Gasteiger partial charge is 0.365 e. The molecule has 5 heteroatoms. The number of aromatic nitrogens is 1. The van der Waals surface area contributed by atoms with Crippen molar-refractivity contribution < 1.29 is 9.90 Å². The maximum Gasteiger partial charge on any atom is 0.259 e. The minimum atomic E-state index is -1.50. The van der Waals surface area contributed by atoms with E-state index in [1.807, 2.05) is 26.0 Å². The quantitative estimate of drug-likeness (QED) is 0.878. The van der Waals surface area contributed by atoms with Gasteiger partial charge in [0, 0.05) is 18.4 Å². The lowest BCUT2D eigenvalue weighted by Gasteiger charge is -2.31. The highest BCUT2D eigenvalue weighted by Gasteiger charge is 2.48. The third-order valence-electron chi connectivity index (χ3n) is 4.53. The van der Waals surface area contributed by atoms with Gasteiger partial charge in [-0.25, -0.2) is 0 Å². The fraction of sp³-hybridized carbons (Fsp3) is 0.375. The van der Waals surface area contributed by atoms with E-state index in [1.54, 1.807) is 23.7 Å². The van der Waals surface area contributed by atoms with E-state index in [9.17, 15) is 14.7 Å². The molecule has 1 aliphatic heterocycles. The van der Waals surface area contributed by atoms with Crippen LogP contribution in [0.15, 0.2) is 29.1 Å². The van der Waals surface area contributed by atoms with Crippen molar-refractivity contribution >= 4 is 16.8 Å². The fourth-order valence-corrected chi connectivity index (χ4v) is 3.09. The van der Waals surface area contributed by atoms with Crippen LogP contribution < -0.4 is 10.7 Å². The lowest BCUT2D eigenvalue weighted by atomic mass is 9.91. The topological polar surface area (TPSA) is 71.3 Å². The average Bonchev–Trinajstić information content (AvgIpc) is 2.76. The van der Waals surface area contributed by atoms with Gasteiger partial charge in [0.15, 0.2) is 5.72 Å². The van der Waals surface area contributed by atoms with Crippen LogP contribution in [0.5, 0.6) is 0 Å². The molecule has 0 radical (unpaired) electrons. The van der Waals surface area contributed by atoms with Crippen molar-refractivity contribution in [2.24, 2.45) is 13.0 Å². The Bertz CT molecular complexity index is 809. The zero-order valence-corrected chi connectivity index (χ0v) is 12.3. The molecule has 0 bridgehead atoms. The monoisotopic (exact) mass is 286 g/mol. The Labute approximate surface area is 122 Å². The van der Waals surface area contributed by atoms with Crippen molar-refractivity contribution in [1.82, 2.24) is 9.88 Å². The van der Waals surface area contributed by atoms with Crippen molar-refractivity contribution in [1.29, 1.82) is 0 Å². The van der Waals surface area contributed by atoms with Crippen molar-refractivity contribution in [3.05, 3.63) is 45.7 Å². The molecular weight excluding hydrogens is 268 g/mol. The number of aliphatic hydroxyl groups is 1. The lowest BCUT2D eigenvalue weighted by Crippen LogP contribution is -2.45. The van der Waals surface area contributed by atoms with Crippen molar-refractivity contribution in [2.45, 2.75) is 26.0 Å². The van der Waals surface area contributed by atoms with Gasteiger partial charge in [0.1, 0.15) is 5.56 Å². The van der Waals surface area contributed by atoms with E-state index < -0.39 is 11.6 Å². The number of aryl methyl sites for hydroxylation is 1.